The van der Waals surface area contributed by atoms with Crippen molar-refractivity contribution >= 4 is 27.6 Å². The van der Waals surface area contributed by atoms with E-state index in [-0.39, 0.29) is 35.6 Å². The average Bonchev–Trinajstić information content (AvgIpc) is 3.62. The summed E-state index contributed by atoms with van der Waals surface area (Å²) in [6.07, 6.45) is 7.13. The fraction of sp³-hybridized carbons (Fsp3) is 0.349. The van der Waals surface area contributed by atoms with Crippen molar-refractivity contribution in [2.45, 2.75) is 99.2 Å². The third-order valence-corrected chi connectivity index (χ3v) is 12.6. The van der Waals surface area contributed by atoms with Crippen molar-refractivity contribution in [3.63, 3.8) is 0 Å². The van der Waals surface area contributed by atoms with Crippen LogP contribution in [0.4, 0.5) is 0 Å². The second kappa shape index (κ2) is 14.5. The van der Waals surface area contributed by atoms with Gasteiger partial charge in [-0.15, -0.1) is 11.6 Å². The van der Waals surface area contributed by atoms with Crippen LogP contribution in [-0.2, 0) is 41.5 Å². The molecule has 3 aliphatic carbocycles. The van der Waals surface area contributed by atoms with Gasteiger partial charge in [0.1, 0.15) is 0 Å². The Morgan fingerprint density at radius 1 is 0.766 bits per heavy atom. The Hall–Kier alpha value is -1.96. The van der Waals surface area contributed by atoms with E-state index >= 15 is 0 Å². The van der Waals surface area contributed by atoms with E-state index in [1.165, 1.54) is 99.8 Å². The summed E-state index contributed by atoms with van der Waals surface area (Å²) in [7, 11) is -1.06. The number of rotatable bonds is 2. The molecule has 0 aliphatic heterocycles. The minimum Gasteiger partial charge on any atom is -1.00 e. The molecule has 0 amide bonds. The van der Waals surface area contributed by atoms with E-state index < -0.39 is 8.07 Å². The zero-order valence-electron chi connectivity index (χ0n) is 30.4. The molecule has 246 valence electrons. The summed E-state index contributed by atoms with van der Waals surface area (Å²) in [6, 6.07) is 24.9. The Morgan fingerprint density at radius 2 is 1.32 bits per heavy atom. The van der Waals surface area contributed by atoms with E-state index in [0.717, 1.165) is 6.42 Å². The van der Waals surface area contributed by atoms with Gasteiger partial charge in [-0.1, -0.05) is 91.7 Å². The SMILES string of the molecule is CC1=[C-]C(C)(C)c2cc3c(cc21)-c1cc2c(cc1C3)C(C)(C)C=C2C.C[C](=[Zr+2])c1ccccc1.Cc1cc([Si](C)(C)C)c(C)[cH-]1.[Cl-].[Cl-]. The van der Waals surface area contributed by atoms with Gasteiger partial charge in [0.25, 0.3) is 0 Å². The summed E-state index contributed by atoms with van der Waals surface area (Å²) in [4.78, 5) is 0. The van der Waals surface area contributed by atoms with Crippen molar-refractivity contribution in [1.82, 2.24) is 0 Å². The monoisotopic (exact) mass is 754 g/mol. The second-order valence-electron chi connectivity index (χ2n) is 15.6. The predicted molar refractivity (Wildman–Crippen MR) is 197 cm³/mol. The zero-order valence-corrected chi connectivity index (χ0v) is 35.4. The number of hydrogen-bond donors (Lipinski definition) is 0. The molecule has 0 saturated carbocycles. The molecule has 4 aromatic rings. The second-order valence-corrected chi connectivity index (χ2v) is 22.5. The van der Waals surface area contributed by atoms with E-state index in [4.69, 9.17) is 0 Å². The summed E-state index contributed by atoms with van der Waals surface area (Å²) in [5.74, 6) is 0. The Kier molecular flexibility index (Phi) is 12.2. The molecule has 0 nitrogen and oxygen atoms in total. The molecule has 0 saturated heterocycles. The molecule has 0 bridgehead atoms. The van der Waals surface area contributed by atoms with Gasteiger partial charge in [0.15, 0.2) is 0 Å². The molecule has 0 atom stereocenters. The third-order valence-electron chi connectivity index (χ3n) is 9.69. The molecular weight excluding hydrogens is 707 g/mol. The summed E-state index contributed by atoms with van der Waals surface area (Å²) in [5, 5.41) is 1.62. The predicted octanol–water partition coefficient (Wildman–Crippen LogP) is 4.80. The molecule has 0 radical (unpaired) electrons. The molecule has 3 aliphatic rings. The minimum absolute atomic E-state index is 0. The number of aryl methyl sites for hydroxylation is 2. The van der Waals surface area contributed by atoms with Gasteiger partial charge < -0.3 is 24.8 Å². The van der Waals surface area contributed by atoms with Crippen LogP contribution in [0.15, 0.2) is 72.8 Å². The average molecular weight is 757 g/mol. The molecule has 0 spiro atoms. The standard InChI is InChI=1S/C25H25.C10H17Si.C8H8.2ClH.Zr/c1-14-12-24(3,4)22-8-16-7-17-9-23-19(15(2)13-25(23,5)6)11-21(17)20(16)10-18(14)22;1-8-6-9(2)10(7-8)11(3,4)5;1-2-8-6-4-3-5-7-8;;;/h8-12H,7H2,1-6H3;6-7H,1-5H3;3-7H,1H3;2*1H;/q2*-1;;;;+2/p-2. The normalized spacial score (nSPS) is 15.5. The smallest absolute Gasteiger partial charge is 0.00418 e. The maximum Gasteiger partial charge on any atom is 0.00418 e. The third kappa shape index (κ3) is 8.10. The van der Waals surface area contributed by atoms with Crippen LogP contribution in [-0.4, -0.2) is 11.3 Å². The van der Waals surface area contributed by atoms with Gasteiger partial charge in [0.05, 0.1) is 0 Å². The largest absolute Gasteiger partial charge is 1.00 e. The quantitative estimate of drug-likeness (QED) is 0.180. The van der Waals surface area contributed by atoms with Gasteiger partial charge in [0, 0.05) is 13.5 Å². The first-order chi connectivity index (χ1) is 20.9. The number of halogens is 2. The fourth-order valence-electron chi connectivity index (χ4n) is 7.57. The summed E-state index contributed by atoms with van der Waals surface area (Å²) >= 11 is 1.51. The zero-order chi connectivity index (χ0) is 33.1. The topological polar surface area (TPSA) is 0 Å². The van der Waals surface area contributed by atoms with E-state index in [9.17, 15) is 0 Å². The van der Waals surface area contributed by atoms with Crippen LogP contribution in [0.5, 0.6) is 0 Å². The molecular formula is C43H50Cl2SiZr-2. The van der Waals surface area contributed by atoms with E-state index in [2.05, 4.69) is 155 Å². The van der Waals surface area contributed by atoms with Crippen LogP contribution in [0.2, 0.25) is 19.6 Å². The molecule has 0 fully saturated rings. The maximum atomic E-state index is 3.65. The molecule has 7 rings (SSSR count). The van der Waals surface area contributed by atoms with Gasteiger partial charge in [-0.3, -0.25) is 6.08 Å². The minimum atomic E-state index is -1.06. The number of benzene rings is 3. The fourth-order valence-corrected chi connectivity index (χ4v) is 9.90. The van der Waals surface area contributed by atoms with E-state index in [0.29, 0.717) is 0 Å². The van der Waals surface area contributed by atoms with Gasteiger partial charge in [0.2, 0.25) is 0 Å². The Labute approximate surface area is 313 Å². The molecule has 4 aromatic carbocycles. The number of fused-ring (bicyclic) bond motifs is 5. The molecule has 0 N–H and O–H groups in total. The van der Waals surface area contributed by atoms with Gasteiger partial charge in [-0.25, -0.2) is 11.6 Å². The van der Waals surface area contributed by atoms with Crippen LogP contribution in [0.3, 0.4) is 0 Å². The number of allylic oxidation sites excluding steroid dienone is 4. The van der Waals surface area contributed by atoms with E-state index in [1.807, 2.05) is 6.07 Å². The van der Waals surface area contributed by atoms with Crippen molar-refractivity contribution in [1.29, 1.82) is 0 Å². The van der Waals surface area contributed by atoms with Gasteiger partial charge in [-0.05, 0) is 58.4 Å². The van der Waals surface area contributed by atoms with Crippen molar-refractivity contribution in [3.8, 4) is 11.1 Å². The maximum absolute atomic E-state index is 3.65. The molecule has 0 unspecified atom stereocenters. The van der Waals surface area contributed by atoms with Crippen LogP contribution >= 0.6 is 0 Å². The van der Waals surface area contributed by atoms with Crippen LogP contribution in [0, 0.1) is 19.9 Å². The van der Waals surface area contributed by atoms with Crippen molar-refractivity contribution in [2.75, 3.05) is 0 Å². The molecule has 4 heteroatoms. The van der Waals surface area contributed by atoms with Crippen LogP contribution in [0.25, 0.3) is 22.3 Å². The van der Waals surface area contributed by atoms with Crippen molar-refractivity contribution in [2.24, 2.45) is 0 Å². The van der Waals surface area contributed by atoms with Gasteiger partial charge >= 0.3 is 70.3 Å². The Balaban J connectivity index is 0.000000228. The van der Waals surface area contributed by atoms with Crippen LogP contribution in [0.1, 0.15) is 98.5 Å². The summed E-state index contributed by atoms with van der Waals surface area (Å²) < 4.78 is 1.46. The summed E-state index contributed by atoms with van der Waals surface area (Å²) in [6.45, 7) is 27.4. The first-order valence-electron chi connectivity index (χ1n) is 16.4. The molecule has 47 heavy (non-hydrogen) atoms. The molecule has 0 aromatic heterocycles. The van der Waals surface area contributed by atoms with Crippen molar-refractivity contribution in [3.05, 3.63) is 129 Å². The van der Waals surface area contributed by atoms with Gasteiger partial charge in [-0.2, -0.15) is 27.9 Å². The number of hydrogen-bond acceptors (Lipinski definition) is 0. The van der Waals surface area contributed by atoms with E-state index in [1.54, 1.807) is 5.19 Å². The van der Waals surface area contributed by atoms with Crippen molar-refractivity contribution < 1.29 is 49.0 Å². The van der Waals surface area contributed by atoms with Crippen LogP contribution < -0.4 is 30.0 Å². The Bertz CT molecular complexity index is 1780. The summed E-state index contributed by atoms with van der Waals surface area (Å²) in [5.41, 5.74) is 18.8. The first-order valence-corrected chi connectivity index (χ1v) is 21.1. The Morgan fingerprint density at radius 3 is 1.79 bits per heavy atom. The molecule has 0 heterocycles. The first kappa shape index (κ1) is 39.5.